The van der Waals surface area contributed by atoms with Crippen molar-refractivity contribution in [3.05, 3.63) is 42.1 Å². The summed E-state index contributed by atoms with van der Waals surface area (Å²) in [4.78, 5) is 49.3. The maximum Gasteiger partial charge on any atom is 0.409 e. The number of aromatic nitrogens is 2. The van der Waals surface area contributed by atoms with E-state index in [4.69, 9.17) is 4.74 Å². The van der Waals surface area contributed by atoms with Gasteiger partial charge in [-0.05, 0) is 20.8 Å². The van der Waals surface area contributed by atoms with Crippen LogP contribution >= 0.6 is 0 Å². The van der Waals surface area contributed by atoms with Crippen molar-refractivity contribution >= 4 is 23.7 Å². The second-order valence-corrected chi connectivity index (χ2v) is 7.88. The smallest absolute Gasteiger partial charge is 0.409 e. The first-order chi connectivity index (χ1) is 15.9. The van der Waals surface area contributed by atoms with Gasteiger partial charge in [0, 0.05) is 43.9 Å². The van der Waals surface area contributed by atoms with Crippen molar-refractivity contribution < 1.29 is 19.1 Å². The van der Waals surface area contributed by atoms with Crippen LogP contribution in [0.2, 0.25) is 0 Å². The third kappa shape index (κ3) is 6.64. The molecule has 0 radical (unpaired) electrons. The van der Waals surface area contributed by atoms with Gasteiger partial charge >= 0.3 is 6.09 Å². The third-order valence-corrected chi connectivity index (χ3v) is 4.99. The first-order valence-electron chi connectivity index (χ1n) is 11.1. The Balaban J connectivity index is 1.63. The molecular weight excluding hydrogens is 424 g/mol. The predicted molar refractivity (Wildman–Crippen MR) is 124 cm³/mol. The third-order valence-electron chi connectivity index (χ3n) is 4.99. The topological polar surface area (TPSA) is 117 Å². The fourth-order valence-electron chi connectivity index (χ4n) is 3.36. The van der Waals surface area contributed by atoms with Gasteiger partial charge in [-0.25, -0.2) is 14.8 Å². The van der Waals surface area contributed by atoms with Gasteiger partial charge in [0.1, 0.15) is 11.5 Å². The predicted octanol–water partition coefficient (Wildman–Crippen LogP) is 1.99. The van der Waals surface area contributed by atoms with Crippen molar-refractivity contribution in [1.82, 2.24) is 25.1 Å². The molecule has 2 aromatic rings. The van der Waals surface area contributed by atoms with Crippen molar-refractivity contribution in [2.75, 3.05) is 44.6 Å². The van der Waals surface area contributed by atoms with E-state index in [0.717, 1.165) is 5.56 Å². The number of nitrogens with zero attached hydrogens (tertiary/aromatic N) is 4. The highest BCUT2D eigenvalue weighted by atomic mass is 16.6. The highest BCUT2D eigenvalue weighted by Gasteiger charge is 2.25. The molecule has 10 heteroatoms. The minimum atomic E-state index is -0.458. The van der Waals surface area contributed by atoms with Gasteiger partial charge in [0.25, 0.3) is 5.91 Å². The monoisotopic (exact) mass is 454 g/mol. The number of piperazine rings is 1. The summed E-state index contributed by atoms with van der Waals surface area (Å²) in [5, 5.41) is 5.86. The van der Waals surface area contributed by atoms with E-state index in [2.05, 4.69) is 20.6 Å². The minimum absolute atomic E-state index is 0.120. The quantitative estimate of drug-likeness (QED) is 0.657. The molecule has 0 bridgehead atoms. The molecule has 0 saturated carbocycles. The zero-order chi connectivity index (χ0) is 23.8. The number of anilines is 1. The zero-order valence-electron chi connectivity index (χ0n) is 19.2. The molecule has 1 aromatic heterocycles. The lowest BCUT2D eigenvalue weighted by Gasteiger charge is -2.34. The van der Waals surface area contributed by atoms with Crippen molar-refractivity contribution in [2.45, 2.75) is 26.8 Å². The Labute approximate surface area is 193 Å². The summed E-state index contributed by atoms with van der Waals surface area (Å²) in [7, 11) is 0. The molecule has 0 atom stereocenters. The van der Waals surface area contributed by atoms with Crippen LogP contribution in [-0.2, 0) is 9.53 Å². The average Bonchev–Trinajstić information content (AvgIpc) is 2.82. The molecule has 0 unspecified atom stereocenters. The average molecular weight is 455 g/mol. The first-order valence-corrected chi connectivity index (χ1v) is 11.1. The number of hydrogen-bond donors (Lipinski definition) is 2. The number of carbonyl (C=O) groups is 3. The fourth-order valence-corrected chi connectivity index (χ4v) is 3.36. The Morgan fingerprint density at radius 2 is 1.70 bits per heavy atom. The molecule has 1 aliphatic rings. The van der Waals surface area contributed by atoms with Crippen LogP contribution in [0.3, 0.4) is 0 Å². The number of nitrogens with one attached hydrogen (secondary N) is 2. The largest absolute Gasteiger partial charge is 0.450 e. The highest BCUT2D eigenvalue weighted by Crippen LogP contribution is 2.18. The van der Waals surface area contributed by atoms with Crippen LogP contribution in [-0.4, -0.2) is 83.0 Å². The molecule has 1 aliphatic heterocycles. The molecule has 2 N–H and O–H groups in total. The Kier molecular flexibility index (Phi) is 8.17. The number of hydrogen-bond acceptors (Lipinski definition) is 7. The molecule has 1 saturated heterocycles. The van der Waals surface area contributed by atoms with Crippen LogP contribution in [0.15, 0.2) is 36.4 Å². The van der Waals surface area contributed by atoms with Gasteiger partial charge in [-0.1, -0.05) is 30.3 Å². The summed E-state index contributed by atoms with van der Waals surface area (Å²) < 4.78 is 4.99. The van der Waals surface area contributed by atoms with Crippen LogP contribution in [0.5, 0.6) is 0 Å². The summed E-state index contributed by atoms with van der Waals surface area (Å²) in [6.45, 7) is 7.44. The number of ether oxygens (including phenoxy) is 1. The lowest BCUT2D eigenvalue weighted by atomic mass is 10.2. The van der Waals surface area contributed by atoms with Crippen molar-refractivity contribution in [3.63, 3.8) is 0 Å². The number of rotatable bonds is 7. The van der Waals surface area contributed by atoms with Gasteiger partial charge in [0.05, 0.1) is 13.2 Å². The van der Waals surface area contributed by atoms with E-state index in [1.54, 1.807) is 22.8 Å². The normalized spacial score (nSPS) is 13.6. The van der Waals surface area contributed by atoms with E-state index in [1.165, 1.54) is 0 Å². The van der Waals surface area contributed by atoms with Crippen molar-refractivity contribution in [2.24, 2.45) is 0 Å². The van der Waals surface area contributed by atoms with E-state index in [1.807, 2.05) is 44.2 Å². The maximum atomic E-state index is 12.8. The maximum absolute atomic E-state index is 12.8. The molecule has 10 nitrogen and oxygen atoms in total. The highest BCUT2D eigenvalue weighted by molar-refractivity contribution is 5.95. The Morgan fingerprint density at radius 3 is 2.33 bits per heavy atom. The van der Waals surface area contributed by atoms with E-state index < -0.39 is 5.91 Å². The Bertz CT molecular complexity index is 974. The zero-order valence-corrected chi connectivity index (χ0v) is 19.2. The molecule has 1 aromatic carbocycles. The lowest BCUT2D eigenvalue weighted by Crippen LogP contribution is -2.52. The van der Waals surface area contributed by atoms with Gasteiger partial charge in [0.2, 0.25) is 5.91 Å². The number of amides is 3. The fraction of sp³-hybridized carbons (Fsp3) is 0.435. The van der Waals surface area contributed by atoms with E-state index in [-0.39, 0.29) is 30.3 Å². The Morgan fingerprint density at radius 1 is 1.03 bits per heavy atom. The van der Waals surface area contributed by atoms with Gasteiger partial charge in [0.15, 0.2) is 5.82 Å². The van der Waals surface area contributed by atoms with Gasteiger partial charge < -0.3 is 25.2 Å². The lowest BCUT2D eigenvalue weighted by molar-refractivity contribution is -0.131. The molecule has 33 heavy (non-hydrogen) atoms. The molecule has 3 rings (SSSR count). The summed E-state index contributed by atoms with van der Waals surface area (Å²) in [6, 6.07) is 11.1. The molecule has 1 fully saturated rings. The SMILES string of the molecule is CCOC(=O)N1CCN(C(=O)CNC(=O)c2cc(NC(C)C)nc(-c3ccccc3)n2)CC1. The molecule has 0 aliphatic carbocycles. The molecule has 0 spiro atoms. The molecule has 2 heterocycles. The van der Waals surface area contributed by atoms with Gasteiger partial charge in [-0.15, -0.1) is 0 Å². The molecule has 176 valence electrons. The van der Waals surface area contributed by atoms with E-state index >= 15 is 0 Å². The van der Waals surface area contributed by atoms with Gasteiger partial charge in [-0.3, -0.25) is 9.59 Å². The van der Waals surface area contributed by atoms with E-state index in [0.29, 0.717) is 44.4 Å². The molecular formula is C23H30N6O4. The first kappa shape index (κ1) is 24.0. The minimum Gasteiger partial charge on any atom is -0.450 e. The molecule has 3 amide bonds. The van der Waals surface area contributed by atoms with Crippen LogP contribution < -0.4 is 10.6 Å². The second kappa shape index (κ2) is 11.3. The summed E-state index contributed by atoms with van der Waals surface area (Å²) in [5.41, 5.74) is 0.960. The summed E-state index contributed by atoms with van der Waals surface area (Å²) in [5.74, 6) is 0.280. The number of carbonyl (C=O) groups excluding carboxylic acids is 3. The van der Waals surface area contributed by atoms with Crippen molar-refractivity contribution in [3.8, 4) is 11.4 Å². The van der Waals surface area contributed by atoms with Crippen molar-refractivity contribution in [1.29, 1.82) is 0 Å². The van der Waals surface area contributed by atoms with Crippen LogP contribution in [0, 0.1) is 0 Å². The van der Waals surface area contributed by atoms with Crippen LogP contribution in [0.25, 0.3) is 11.4 Å². The summed E-state index contributed by atoms with van der Waals surface area (Å²) >= 11 is 0. The standard InChI is InChI=1S/C23H30N6O4/c1-4-33-23(32)29-12-10-28(11-13-29)20(30)15-24-22(31)18-14-19(25-16(2)3)27-21(26-18)17-8-6-5-7-9-17/h5-9,14,16H,4,10-13,15H2,1-3H3,(H,24,31)(H,25,26,27). The Hall–Kier alpha value is -3.69. The second-order valence-electron chi connectivity index (χ2n) is 7.88. The van der Waals surface area contributed by atoms with Crippen LogP contribution in [0.1, 0.15) is 31.3 Å². The van der Waals surface area contributed by atoms with Gasteiger partial charge in [-0.2, -0.15) is 0 Å². The summed E-state index contributed by atoms with van der Waals surface area (Å²) in [6.07, 6.45) is -0.373. The van der Waals surface area contributed by atoms with E-state index in [9.17, 15) is 14.4 Å². The van der Waals surface area contributed by atoms with Crippen LogP contribution in [0.4, 0.5) is 10.6 Å². The number of benzene rings is 1.